The molecule has 1 unspecified atom stereocenters. The van der Waals surface area contributed by atoms with Gasteiger partial charge >= 0.3 is 0 Å². The molecule has 0 aliphatic carbocycles. The molecule has 2 aromatic rings. The van der Waals surface area contributed by atoms with Gasteiger partial charge in [-0.05, 0) is 32.9 Å². The number of aromatic nitrogens is 4. The number of amides is 1. The summed E-state index contributed by atoms with van der Waals surface area (Å²) in [6.07, 6.45) is 5.54. The number of carbonyl (C=O) groups excluding carboxylic acids is 1. The van der Waals surface area contributed by atoms with Crippen molar-refractivity contribution < 1.29 is 4.79 Å². The average molecular weight is 369 g/mol. The third kappa shape index (κ3) is 3.80. The van der Waals surface area contributed by atoms with Crippen molar-refractivity contribution in [1.82, 2.24) is 30.0 Å². The number of nitrogens with zero attached hydrogens (tertiary/aromatic N) is 6. The van der Waals surface area contributed by atoms with E-state index in [9.17, 15) is 4.79 Å². The van der Waals surface area contributed by atoms with Crippen molar-refractivity contribution in [2.75, 3.05) is 51.2 Å². The lowest BCUT2D eigenvalue weighted by Gasteiger charge is -2.33. The highest BCUT2D eigenvalue weighted by molar-refractivity contribution is 5.95. The molecule has 0 radical (unpaired) electrons. The molecule has 2 saturated heterocycles. The number of likely N-dealkylation sites (tertiary alicyclic amines) is 1. The number of aromatic amines is 1. The van der Waals surface area contributed by atoms with Gasteiger partial charge in [0.05, 0.1) is 11.3 Å². The Balaban J connectivity index is 1.47. The number of nitrogens with one attached hydrogen (secondary N) is 1. The van der Waals surface area contributed by atoms with Crippen LogP contribution in [0.3, 0.4) is 0 Å². The SMILES string of the molecule is Cc1nc(N2CCN(C)CC2)ncc1C(=O)N1CCCC(c2ccn[nH]2)C1. The molecule has 1 amide bonds. The van der Waals surface area contributed by atoms with E-state index in [-0.39, 0.29) is 5.91 Å². The summed E-state index contributed by atoms with van der Waals surface area (Å²) in [4.78, 5) is 28.6. The first-order chi connectivity index (χ1) is 13.1. The number of aryl methyl sites for hydroxylation is 1. The first-order valence-corrected chi connectivity index (χ1v) is 9.67. The van der Waals surface area contributed by atoms with E-state index in [2.05, 4.69) is 37.0 Å². The van der Waals surface area contributed by atoms with Crippen molar-refractivity contribution in [2.45, 2.75) is 25.7 Å². The fourth-order valence-electron chi connectivity index (χ4n) is 3.90. The zero-order valence-corrected chi connectivity index (χ0v) is 16.1. The minimum absolute atomic E-state index is 0.0293. The number of anilines is 1. The molecular weight excluding hydrogens is 342 g/mol. The topological polar surface area (TPSA) is 81.2 Å². The molecule has 2 aliphatic rings. The maximum absolute atomic E-state index is 13.1. The van der Waals surface area contributed by atoms with Gasteiger partial charge in [0, 0.05) is 63.3 Å². The summed E-state index contributed by atoms with van der Waals surface area (Å²) in [5.41, 5.74) is 2.47. The Bertz CT molecular complexity index is 783. The molecule has 144 valence electrons. The first kappa shape index (κ1) is 17.9. The molecule has 0 spiro atoms. The van der Waals surface area contributed by atoms with Crippen LogP contribution in [0.15, 0.2) is 18.5 Å². The van der Waals surface area contributed by atoms with E-state index in [1.807, 2.05) is 17.9 Å². The van der Waals surface area contributed by atoms with Crippen LogP contribution in [0.2, 0.25) is 0 Å². The smallest absolute Gasteiger partial charge is 0.257 e. The Labute approximate surface area is 159 Å². The van der Waals surface area contributed by atoms with E-state index >= 15 is 0 Å². The van der Waals surface area contributed by atoms with Gasteiger partial charge in [-0.3, -0.25) is 9.89 Å². The van der Waals surface area contributed by atoms with Crippen LogP contribution in [-0.2, 0) is 0 Å². The quantitative estimate of drug-likeness (QED) is 0.878. The number of piperazine rings is 1. The van der Waals surface area contributed by atoms with E-state index in [1.54, 1.807) is 12.4 Å². The molecule has 2 fully saturated rings. The highest BCUT2D eigenvalue weighted by Crippen LogP contribution is 2.26. The normalized spacial score (nSPS) is 21.5. The van der Waals surface area contributed by atoms with Gasteiger partial charge in [0.25, 0.3) is 5.91 Å². The largest absolute Gasteiger partial charge is 0.338 e. The van der Waals surface area contributed by atoms with Crippen molar-refractivity contribution in [2.24, 2.45) is 0 Å². The number of H-pyrrole nitrogens is 1. The molecule has 2 aromatic heterocycles. The molecule has 0 saturated carbocycles. The van der Waals surface area contributed by atoms with Gasteiger partial charge in [-0.1, -0.05) is 0 Å². The standard InChI is InChI=1S/C19H27N7O/c1-14-16(12-20-19(22-14)25-10-8-24(2)9-11-25)18(27)26-7-3-4-15(13-26)17-5-6-21-23-17/h5-6,12,15H,3-4,7-11,13H2,1-2H3,(H,21,23). The van der Waals surface area contributed by atoms with Crippen molar-refractivity contribution >= 4 is 11.9 Å². The second-order valence-electron chi connectivity index (χ2n) is 7.56. The fraction of sp³-hybridized carbons (Fsp3) is 0.579. The van der Waals surface area contributed by atoms with Crippen molar-refractivity contribution in [1.29, 1.82) is 0 Å². The molecule has 2 aliphatic heterocycles. The Morgan fingerprint density at radius 1 is 1.22 bits per heavy atom. The van der Waals surface area contributed by atoms with Gasteiger partial charge in [-0.15, -0.1) is 0 Å². The molecule has 8 nitrogen and oxygen atoms in total. The fourth-order valence-corrected chi connectivity index (χ4v) is 3.90. The van der Waals surface area contributed by atoms with Crippen molar-refractivity contribution in [3.8, 4) is 0 Å². The zero-order chi connectivity index (χ0) is 18.8. The second-order valence-corrected chi connectivity index (χ2v) is 7.56. The lowest BCUT2D eigenvalue weighted by molar-refractivity contribution is 0.0704. The van der Waals surface area contributed by atoms with Crippen LogP contribution in [0.4, 0.5) is 5.95 Å². The van der Waals surface area contributed by atoms with Crippen LogP contribution in [0.25, 0.3) is 0 Å². The van der Waals surface area contributed by atoms with Gasteiger partial charge in [-0.25, -0.2) is 9.97 Å². The Hall–Kier alpha value is -2.48. The first-order valence-electron chi connectivity index (χ1n) is 9.67. The van der Waals surface area contributed by atoms with Crippen LogP contribution < -0.4 is 4.90 Å². The Kier molecular flexibility index (Phi) is 5.07. The number of hydrogen-bond acceptors (Lipinski definition) is 6. The molecule has 0 aromatic carbocycles. The predicted octanol–water partition coefficient (Wildman–Crippen LogP) is 1.28. The van der Waals surface area contributed by atoms with E-state index in [0.29, 0.717) is 18.0 Å². The van der Waals surface area contributed by atoms with Crippen LogP contribution in [-0.4, -0.2) is 82.2 Å². The molecule has 27 heavy (non-hydrogen) atoms. The van der Waals surface area contributed by atoms with E-state index in [0.717, 1.165) is 62.9 Å². The molecule has 1 N–H and O–H groups in total. The minimum Gasteiger partial charge on any atom is -0.338 e. The van der Waals surface area contributed by atoms with Gasteiger partial charge in [0.1, 0.15) is 0 Å². The van der Waals surface area contributed by atoms with Gasteiger partial charge in [0.15, 0.2) is 0 Å². The van der Waals surface area contributed by atoms with Crippen molar-refractivity contribution in [3.63, 3.8) is 0 Å². The van der Waals surface area contributed by atoms with Crippen LogP contribution in [0.5, 0.6) is 0 Å². The van der Waals surface area contributed by atoms with Crippen LogP contribution in [0, 0.1) is 6.92 Å². The minimum atomic E-state index is 0.0293. The average Bonchev–Trinajstić information content (AvgIpc) is 3.23. The molecule has 4 heterocycles. The van der Waals surface area contributed by atoms with Gasteiger partial charge < -0.3 is 14.7 Å². The van der Waals surface area contributed by atoms with Gasteiger partial charge in [0.2, 0.25) is 5.95 Å². The highest BCUT2D eigenvalue weighted by atomic mass is 16.2. The van der Waals surface area contributed by atoms with Crippen molar-refractivity contribution in [3.05, 3.63) is 35.4 Å². The van der Waals surface area contributed by atoms with Crippen LogP contribution >= 0.6 is 0 Å². The third-order valence-corrected chi connectivity index (χ3v) is 5.65. The Morgan fingerprint density at radius 2 is 2.04 bits per heavy atom. The lowest BCUT2D eigenvalue weighted by Crippen LogP contribution is -2.45. The summed E-state index contributed by atoms with van der Waals surface area (Å²) in [5, 5.41) is 7.08. The number of hydrogen-bond donors (Lipinski definition) is 1. The molecule has 4 rings (SSSR count). The van der Waals surface area contributed by atoms with Gasteiger partial charge in [-0.2, -0.15) is 5.10 Å². The Morgan fingerprint density at radius 3 is 2.74 bits per heavy atom. The maximum atomic E-state index is 13.1. The monoisotopic (exact) mass is 369 g/mol. The number of piperidine rings is 1. The van der Waals surface area contributed by atoms with E-state index in [1.165, 1.54) is 0 Å². The zero-order valence-electron chi connectivity index (χ0n) is 16.1. The number of likely N-dealkylation sites (N-methyl/N-ethyl adjacent to an activating group) is 1. The summed E-state index contributed by atoms with van der Waals surface area (Å²) in [6, 6.07) is 2.00. The summed E-state index contributed by atoms with van der Waals surface area (Å²) in [7, 11) is 2.13. The van der Waals surface area contributed by atoms with E-state index in [4.69, 9.17) is 0 Å². The molecule has 8 heteroatoms. The highest BCUT2D eigenvalue weighted by Gasteiger charge is 2.28. The molecular formula is C19H27N7O. The number of rotatable bonds is 3. The summed E-state index contributed by atoms with van der Waals surface area (Å²) >= 11 is 0. The number of carbonyl (C=O) groups is 1. The predicted molar refractivity (Wildman–Crippen MR) is 103 cm³/mol. The van der Waals surface area contributed by atoms with E-state index < -0.39 is 0 Å². The lowest BCUT2D eigenvalue weighted by atomic mass is 9.94. The van der Waals surface area contributed by atoms with Crippen LogP contribution in [0.1, 0.15) is 40.5 Å². The summed E-state index contributed by atoms with van der Waals surface area (Å²) in [6.45, 7) is 7.24. The summed E-state index contributed by atoms with van der Waals surface area (Å²) in [5.74, 6) is 1.07. The molecule has 1 atom stereocenters. The maximum Gasteiger partial charge on any atom is 0.257 e. The molecule has 0 bridgehead atoms. The second kappa shape index (κ2) is 7.64. The third-order valence-electron chi connectivity index (χ3n) is 5.65. The summed E-state index contributed by atoms with van der Waals surface area (Å²) < 4.78 is 0.